The number of halogens is 1. The zero-order chi connectivity index (χ0) is 28.2. The summed E-state index contributed by atoms with van der Waals surface area (Å²) >= 11 is 7.60. The van der Waals surface area contributed by atoms with Crippen molar-refractivity contribution in [1.82, 2.24) is 14.8 Å². The highest BCUT2D eigenvalue weighted by atomic mass is 35.5. The van der Waals surface area contributed by atoms with Gasteiger partial charge in [0, 0.05) is 22.2 Å². The van der Waals surface area contributed by atoms with Gasteiger partial charge in [0.15, 0.2) is 0 Å². The summed E-state index contributed by atoms with van der Waals surface area (Å²) in [5.74, 6) is 2.08. The molecule has 40 heavy (non-hydrogen) atoms. The number of rotatable bonds is 9. The molecule has 1 unspecified atom stereocenters. The Balaban J connectivity index is 1.46. The van der Waals surface area contributed by atoms with Gasteiger partial charge in [-0.2, -0.15) is 4.98 Å². The third-order valence-electron chi connectivity index (χ3n) is 6.88. The molecule has 0 radical (unpaired) electrons. The maximum atomic E-state index is 13.9. The van der Waals surface area contributed by atoms with Gasteiger partial charge in [-0.15, -0.1) is 5.10 Å². The van der Waals surface area contributed by atoms with Crippen molar-refractivity contribution < 1.29 is 9.53 Å². The Kier molecular flexibility index (Phi) is 8.47. The molecule has 7 nitrogen and oxygen atoms in total. The lowest BCUT2D eigenvalue weighted by Gasteiger charge is -2.29. The Bertz CT molecular complexity index is 1550. The summed E-state index contributed by atoms with van der Waals surface area (Å²) in [5, 5.41) is 12.6. The van der Waals surface area contributed by atoms with Gasteiger partial charge in [0.2, 0.25) is 11.1 Å². The van der Waals surface area contributed by atoms with Crippen molar-refractivity contribution in [2.24, 2.45) is 0 Å². The highest BCUT2D eigenvalue weighted by molar-refractivity contribution is 7.99. The molecular weight excluding hydrogens is 542 g/mol. The molecule has 5 rings (SSSR count). The van der Waals surface area contributed by atoms with E-state index in [0.717, 1.165) is 51.6 Å². The number of aryl methyl sites for hydroxylation is 1. The molecule has 1 aliphatic heterocycles. The normalized spacial score (nSPS) is 14.5. The number of fused-ring (bicyclic) bond motifs is 1. The molecule has 1 amide bonds. The molecule has 0 fully saturated rings. The van der Waals surface area contributed by atoms with E-state index in [1.54, 1.807) is 11.8 Å². The maximum absolute atomic E-state index is 13.9. The van der Waals surface area contributed by atoms with Gasteiger partial charge in [-0.05, 0) is 79.8 Å². The lowest BCUT2D eigenvalue weighted by atomic mass is 9.94. The first-order valence-electron chi connectivity index (χ1n) is 13.3. The number of ether oxygens (including phenoxy) is 1. The van der Waals surface area contributed by atoms with Crippen molar-refractivity contribution in [3.05, 3.63) is 105 Å². The summed E-state index contributed by atoms with van der Waals surface area (Å²) in [5.41, 5.74) is 6.20. The largest absolute Gasteiger partial charge is 0.489 e. The molecule has 2 N–H and O–H groups in total. The summed E-state index contributed by atoms with van der Waals surface area (Å²) in [6, 6.07) is 20.8. The van der Waals surface area contributed by atoms with Gasteiger partial charge in [0.05, 0.1) is 5.57 Å². The van der Waals surface area contributed by atoms with Crippen LogP contribution in [0.4, 0.5) is 11.6 Å². The van der Waals surface area contributed by atoms with Crippen LogP contribution in [0.3, 0.4) is 0 Å². The summed E-state index contributed by atoms with van der Waals surface area (Å²) in [4.78, 5) is 18.6. The third-order valence-corrected chi connectivity index (χ3v) is 8.18. The number of aromatic nitrogens is 3. The molecule has 1 aromatic heterocycles. The van der Waals surface area contributed by atoms with E-state index < -0.39 is 6.04 Å². The molecule has 0 spiro atoms. The number of carbonyl (C=O) groups excluding carboxylic acids is 1. The van der Waals surface area contributed by atoms with Crippen LogP contribution in [0.5, 0.6) is 5.75 Å². The SMILES string of the molecule is CCCSc1nc2n(n1)C(c1ccc(OCc3ccc(Cl)cc3)cc1)C(C(=O)Nc1cccc(C)c1C)=C(C)N2. The molecular formula is C31H32ClN5O2S. The molecule has 0 bridgehead atoms. The van der Waals surface area contributed by atoms with Crippen molar-refractivity contribution in [3.8, 4) is 5.75 Å². The van der Waals surface area contributed by atoms with Crippen molar-refractivity contribution >= 4 is 40.9 Å². The Labute approximate surface area is 244 Å². The molecule has 0 aliphatic carbocycles. The van der Waals surface area contributed by atoms with E-state index in [2.05, 4.69) is 17.6 Å². The minimum Gasteiger partial charge on any atom is -0.489 e. The first kappa shape index (κ1) is 27.8. The van der Waals surface area contributed by atoms with E-state index in [1.165, 1.54) is 0 Å². The predicted octanol–water partition coefficient (Wildman–Crippen LogP) is 7.56. The maximum Gasteiger partial charge on any atom is 0.255 e. The van der Waals surface area contributed by atoms with Crippen molar-refractivity contribution in [2.75, 3.05) is 16.4 Å². The number of nitrogens with zero attached hydrogens (tertiary/aromatic N) is 3. The van der Waals surface area contributed by atoms with E-state index in [4.69, 9.17) is 26.4 Å². The number of anilines is 2. The molecule has 4 aromatic rings. The Morgan fingerprint density at radius 1 is 1.07 bits per heavy atom. The predicted molar refractivity (Wildman–Crippen MR) is 162 cm³/mol. The summed E-state index contributed by atoms with van der Waals surface area (Å²) < 4.78 is 7.82. The van der Waals surface area contributed by atoms with Gasteiger partial charge in [0.25, 0.3) is 5.91 Å². The van der Waals surface area contributed by atoms with Crippen LogP contribution in [0.25, 0.3) is 0 Å². The van der Waals surface area contributed by atoms with Gasteiger partial charge in [-0.1, -0.05) is 66.7 Å². The summed E-state index contributed by atoms with van der Waals surface area (Å²) in [6.45, 7) is 8.51. The van der Waals surface area contributed by atoms with Gasteiger partial charge < -0.3 is 15.4 Å². The number of hydrogen-bond donors (Lipinski definition) is 2. The quantitative estimate of drug-likeness (QED) is 0.201. The van der Waals surface area contributed by atoms with Crippen molar-refractivity contribution in [1.29, 1.82) is 0 Å². The van der Waals surface area contributed by atoms with Crippen LogP contribution in [0, 0.1) is 13.8 Å². The fourth-order valence-electron chi connectivity index (χ4n) is 4.56. The Morgan fingerprint density at radius 3 is 2.55 bits per heavy atom. The van der Waals surface area contributed by atoms with Gasteiger partial charge in [-0.25, -0.2) is 4.68 Å². The van der Waals surface area contributed by atoms with Gasteiger partial charge >= 0.3 is 0 Å². The second kappa shape index (κ2) is 12.2. The monoisotopic (exact) mass is 573 g/mol. The number of thioether (sulfide) groups is 1. The number of benzene rings is 3. The molecule has 206 valence electrons. The van der Waals surface area contributed by atoms with Crippen LogP contribution in [0.2, 0.25) is 5.02 Å². The molecule has 2 heterocycles. The first-order chi connectivity index (χ1) is 19.3. The fraction of sp³-hybridized carbons (Fsp3) is 0.258. The van der Waals surface area contributed by atoms with Crippen molar-refractivity contribution in [2.45, 2.75) is 51.9 Å². The van der Waals surface area contributed by atoms with E-state index in [1.807, 2.05) is 92.2 Å². The van der Waals surface area contributed by atoms with E-state index in [0.29, 0.717) is 28.3 Å². The number of hydrogen-bond acceptors (Lipinski definition) is 6. The van der Waals surface area contributed by atoms with Gasteiger partial charge in [-0.3, -0.25) is 4.79 Å². The zero-order valence-electron chi connectivity index (χ0n) is 23.0. The van der Waals surface area contributed by atoms with Crippen LogP contribution < -0.4 is 15.4 Å². The number of nitrogens with one attached hydrogen (secondary N) is 2. The van der Waals surface area contributed by atoms with E-state index >= 15 is 0 Å². The first-order valence-corrected chi connectivity index (χ1v) is 14.6. The second-order valence-corrected chi connectivity index (χ2v) is 11.3. The summed E-state index contributed by atoms with van der Waals surface area (Å²) in [6.07, 6.45) is 1.02. The van der Waals surface area contributed by atoms with E-state index in [9.17, 15) is 4.79 Å². The smallest absolute Gasteiger partial charge is 0.255 e. The molecule has 0 saturated heterocycles. The molecule has 1 atom stereocenters. The van der Waals surface area contributed by atoms with Crippen LogP contribution in [0.15, 0.2) is 83.2 Å². The zero-order valence-corrected chi connectivity index (χ0v) is 24.6. The van der Waals surface area contributed by atoms with Crippen LogP contribution in [0.1, 0.15) is 48.6 Å². The molecule has 3 aromatic carbocycles. The topological polar surface area (TPSA) is 81.1 Å². The van der Waals surface area contributed by atoms with E-state index in [-0.39, 0.29) is 5.91 Å². The molecule has 0 saturated carbocycles. The molecule has 9 heteroatoms. The van der Waals surface area contributed by atoms with Crippen LogP contribution in [-0.4, -0.2) is 26.4 Å². The lowest BCUT2D eigenvalue weighted by molar-refractivity contribution is -0.113. The standard InChI is InChI=1S/C31H32ClN5O2S/c1-5-17-40-31-35-30-33-21(4)27(29(38)34-26-8-6-7-19(2)20(26)3)28(37(30)36-31)23-11-15-25(16-12-23)39-18-22-9-13-24(32)14-10-22/h6-16,28H,5,17-18H2,1-4H3,(H,34,38)(H,33,35,36). The van der Waals surface area contributed by atoms with Crippen LogP contribution >= 0.6 is 23.4 Å². The molecule has 1 aliphatic rings. The summed E-state index contributed by atoms with van der Waals surface area (Å²) in [7, 11) is 0. The second-order valence-electron chi connectivity index (χ2n) is 9.76. The number of amides is 1. The van der Waals surface area contributed by atoms with Gasteiger partial charge in [0.1, 0.15) is 18.4 Å². The fourth-order valence-corrected chi connectivity index (χ4v) is 5.37. The highest BCUT2D eigenvalue weighted by Gasteiger charge is 2.34. The lowest BCUT2D eigenvalue weighted by Crippen LogP contribution is -2.31. The van der Waals surface area contributed by atoms with Crippen LogP contribution in [-0.2, 0) is 11.4 Å². The average Bonchev–Trinajstić information content (AvgIpc) is 3.36. The number of carbonyl (C=O) groups is 1. The average molecular weight is 574 g/mol. The third kappa shape index (κ3) is 6.03. The Morgan fingerprint density at radius 2 is 1.82 bits per heavy atom. The minimum atomic E-state index is -0.463. The highest BCUT2D eigenvalue weighted by Crippen LogP contribution is 2.37. The minimum absolute atomic E-state index is 0.185. The Hall–Kier alpha value is -3.75. The van der Waals surface area contributed by atoms with Crippen molar-refractivity contribution in [3.63, 3.8) is 0 Å². The number of allylic oxidation sites excluding steroid dienone is 1.